The monoisotopic (exact) mass is 187 g/mol. The van der Waals surface area contributed by atoms with Crippen LogP contribution < -0.4 is 0 Å². The normalized spacial score (nSPS) is 10.9. The maximum absolute atomic E-state index is 7.90. The highest BCUT2D eigenvalue weighted by molar-refractivity contribution is 6.08. The van der Waals surface area contributed by atoms with Crippen molar-refractivity contribution in [1.82, 2.24) is 0 Å². The van der Waals surface area contributed by atoms with E-state index in [1.165, 1.54) is 16.7 Å². The highest BCUT2D eigenvalue weighted by Crippen LogP contribution is 2.17. The third-order valence-corrected chi connectivity index (χ3v) is 2.28. The summed E-state index contributed by atoms with van der Waals surface area (Å²) in [6.07, 6.45) is 3.74. The molecule has 0 saturated heterocycles. The maximum Gasteiger partial charge on any atom is 0.0614 e. The van der Waals surface area contributed by atoms with Crippen molar-refractivity contribution < 1.29 is 0 Å². The van der Waals surface area contributed by atoms with Crippen LogP contribution in [-0.4, -0.2) is 5.71 Å². The van der Waals surface area contributed by atoms with E-state index in [1.807, 2.05) is 19.1 Å². The van der Waals surface area contributed by atoms with Gasteiger partial charge in [-0.15, -0.1) is 0 Å². The minimum absolute atomic E-state index is 0.600. The first kappa shape index (κ1) is 10.7. The number of hydrogen-bond donors (Lipinski definition) is 1. The molecule has 1 nitrogen and oxygen atoms in total. The molecule has 0 radical (unpaired) electrons. The van der Waals surface area contributed by atoms with Crippen molar-refractivity contribution in [1.29, 1.82) is 5.41 Å². The fourth-order valence-corrected chi connectivity index (χ4v) is 1.85. The summed E-state index contributed by atoms with van der Waals surface area (Å²) in [6.45, 7) is 8.15. The Morgan fingerprint density at radius 1 is 1.14 bits per heavy atom. The summed E-state index contributed by atoms with van der Waals surface area (Å²) in [5.41, 5.74) is 5.30. The second-order valence-corrected chi connectivity index (χ2v) is 3.69. The van der Waals surface area contributed by atoms with Gasteiger partial charge in [-0.25, -0.2) is 0 Å². The average Bonchev–Trinajstić information content (AvgIpc) is 2.01. The van der Waals surface area contributed by atoms with Crippen molar-refractivity contribution in [3.8, 4) is 0 Å². The summed E-state index contributed by atoms with van der Waals surface area (Å²) >= 11 is 0. The molecule has 0 bridgehead atoms. The van der Waals surface area contributed by atoms with Gasteiger partial charge in [-0.3, -0.25) is 0 Å². The van der Waals surface area contributed by atoms with Crippen LogP contribution in [-0.2, 0) is 0 Å². The number of aryl methyl sites for hydroxylation is 3. The molecule has 0 amide bonds. The molecule has 0 unspecified atom stereocenters. The molecule has 0 saturated carbocycles. The lowest BCUT2D eigenvalue weighted by molar-refractivity contribution is 1.29. The Morgan fingerprint density at radius 3 is 2.07 bits per heavy atom. The van der Waals surface area contributed by atoms with Crippen LogP contribution >= 0.6 is 0 Å². The van der Waals surface area contributed by atoms with Gasteiger partial charge in [0, 0.05) is 5.56 Å². The van der Waals surface area contributed by atoms with E-state index in [0.29, 0.717) is 5.71 Å². The zero-order chi connectivity index (χ0) is 10.7. The Kier molecular flexibility index (Phi) is 3.23. The van der Waals surface area contributed by atoms with Crippen LogP contribution in [0.15, 0.2) is 24.3 Å². The second kappa shape index (κ2) is 4.23. The molecule has 0 aliphatic carbocycles. The largest absolute Gasteiger partial charge is 0.300 e. The molecule has 1 aromatic rings. The SMILES string of the molecule is C/C=C\C(=N)c1c(C)cc(C)cc1C. The van der Waals surface area contributed by atoms with Gasteiger partial charge in [-0.2, -0.15) is 0 Å². The molecule has 1 heteroatoms. The minimum Gasteiger partial charge on any atom is -0.300 e. The van der Waals surface area contributed by atoms with E-state index >= 15 is 0 Å². The van der Waals surface area contributed by atoms with Gasteiger partial charge in [0.2, 0.25) is 0 Å². The summed E-state index contributed by atoms with van der Waals surface area (Å²) in [5, 5.41) is 7.90. The van der Waals surface area contributed by atoms with Crippen LogP contribution in [0.5, 0.6) is 0 Å². The highest BCUT2D eigenvalue weighted by atomic mass is 14.4. The number of rotatable bonds is 2. The number of nitrogens with one attached hydrogen (secondary N) is 1. The zero-order valence-electron chi connectivity index (χ0n) is 9.31. The first-order chi connectivity index (χ1) is 6.56. The summed E-state index contributed by atoms with van der Waals surface area (Å²) in [6, 6.07) is 4.25. The van der Waals surface area contributed by atoms with Crippen LogP contribution in [0.2, 0.25) is 0 Å². The predicted molar refractivity (Wildman–Crippen MR) is 62.3 cm³/mol. The molecular formula is C13H17N. The van der Waals surface area contributed by atoms with E-state index < -0.39 is 0 Å². The van der Waals surface area contributed by atoms with E-state index in [1.54, 1.807) is 0 Å². The van der Waals surface area contributed by atoms with Crippen LogP contribution in [0.3, 0.4) is 0 Å². The summed E-state index contributed by atoms with van der Waals surface area (Å²) < 4.78 is 0. The lowest BCUT2D eigenvalue weighted by Gasteiger charge is -2.09. The van der Waals surface area contributed by atoms with Gasteiger partial charge < -0.3 is 5.41 Å². The average molecular weight is 187 g/mol. The number of allylic oxidation sites excluding steroid dienone is 2. The molecule has 0 fully saturated rings. The quantitative estimate of drug-likeness (QED) is 0.684. The van der Waals surface area contributed by atoms with Crippen molar-refractivity contribution in [3.63, 3.8) is 0 Å². The summed E-state index contributed by atoms with van der Waals surface area (Å²) in [7, 11) is 0. The third-order valence-electron chi connectivity index (χ3n) is 2.28. The number of hydrogen-bond acceptors (Lipinski definition) is 1. The van der Waals surface area contributed by atoms with Crippen molar-refractivity contribution in [3.05, 3.63) is 46.5 Å². The van der Waals surface area contributed by atoms with E-state index in [2.05, 4.69) is 32.9 Å². The molecule has 1 rings (SSSR count). The summed E-state index contributed by atoms with van der Waals surface area (Å²) in [5.74, 6) is 0. The van der Waals surface area contributed by atoms with Crippen molar-refractivity contribution in [2.24, 2.45) is 0 Å². The van der Waals surface area contributed by atoms with Gasteiger partial charge >= 0.3 is 0 Å². The Morgan fingerprint density at radius 2 is 1.64 bits per heavy atom. The van der Waals surface area contributed by atoms with Crippen molar-refractivity contribution in [2.45, 2.75) is 27.7 Å². The minimum atomic E-state index is 0.600. The van der Waals surface area contributed by atoms with Crippen LogP contribution in [0, 0.1) is 26.2 Å². The van der Waals surface area contributed by atoms with Crippen LogP contribution in [0.4, 0.5) is 0 Å². The topological polar surface area (TPSA) is 23.9 Å². The van der Waals surface area contributed by atoms with Gasteiger partial charge in [0.25, 0.3) is 0 Å². The van der Waals surface area contributed by atoms with Crippen LogP contribution in [0.1, 0.15) is 29.2 Å². The lowest BCUT2D eigenvalue weighted by atomic mass is 9.96. The lowest BCUT2D eigenvalue weighted by Crippen LogP contribution is -2.01. The van der Waals surface area contributed by atoms with Gasteiger partial charge in [0.05, 0.1) is 5.71 Å². The molecule has 0 spiro atoms. The molecule has 14 heavy (non-hydrogen) atoms. The molecule has 0 aromatic heterocycles. The first-order valence-electron chi connectivity index (χ1n) is 4.85. The molecule has 0 aliphatic rings. The first-order valence-corrected chi connectivity index (χ1v) is 4.85. The van der Waals surface area contributed by atoms with E-state index in [4.69, 9.17) is 5.41 Å². The Balaban J connectivity index is 3.27. The highest BCUT2D eigenvalue weighted by Gasteiger charge is 2.06. The van der Waals surface area contributed by atoms with Gasteiger partial charge in [-0.1, -0.05) is 23.8 Å². The van der Waals surface area contributed by atoms with Gasteiger partial charge in [0.1, 0.15) is 0 Å². The molecular weight excluding hydrogens is 170 g/mol. The van der Waals surface area contributed by atoms with Crippen molar-refractivity contribution in [2.75, 3.05) is 0 Å². The molecule has 0 aliphatic heterocycles. The van der Waals surface area contributed by atoms with Gasteiger partial charge in [0.15, 0.2) is 0 Å². The fourth-order valence-electron chi connectivity index (χ4n) is 1.85. The van der Waals surface area contributed by atoms with E-state index in [0.717, 1.165) is 5.56 Å². The third kappa shape index (κ3) is 2.11. The Labute approximate surface area is 86.0 Å². The molecule has 74 valence electrons. The molecule has 0 atom stereocenters. The summed E-state index contributed by atoms with van der Waals surface area (Å²) in [4.78, 5) is 0. The van der Waals surface area contributed by atoms with E-state index in [-0.39, 0.29) is 0 Å². The molecule has 1 N–H and O–H groups in total. The molecule has 1 aromatic carbocycles. The fraction of sp³-hybridized carbons (Fsp3) is 0.308. The maximum atomic E-state index is 7.90. The number of benzene rings is 1. The van der Waals surface area contributed by atoms with Crippen molar-refractivity contribution >= 4 is 5.71 Å². The van der Waals surface area contributed by atoms with Gasteiger partial charge in [-0.05, 0) is 44.9 Å². The smallest absolute Gasteiger partial charge is 0.0614 e. The standard InChI is InChI=1S/C13H17N/c1-5-6-12(14)13-10(3)7-9(2)8-11(13)4/h5-8,14H,1-4H3/b6-5-,14-12?. The van der Waals surface area contributed by atoms with Crippen LogP contribution in [0.25, 0.3) is 0 Å². The zero-order valence-corrected chi connectivity index (χ0v) is 9.31. The Hall–Kier alpha value is -1.37. The molecule has 0 heterocycles. The Bertz CT molecular complexity index is 363. The van der Waals surface area contributed by atoms with E-state index in [9.17, 15) is 0 Å². The second-order valence-electron chi connectivity index (χ2n) is 3.69. The predicted octanol–water partition coefficient (Wildman–Crippen LogP) is 3.56.